The van der Waals surface area contributed by atoms with E-state index in [-0.39, 0.29) is 11.4 Å². The molecule has 126 valence electrons. The van der Waals surface area contributed by atoms with Crippen molar-refractivity contribution in [3.8, 4) is 0 Å². The quantitative estimate of drug-likeness (QED) is 0.846. The van der Waals surface area contributed by atoms with Gasteiger partial charge in [-0.3, -0.25) is 9.78 Å². The van der Waals surface area contributed by atoms with Crippen LogP contribution in [0.5, 0.6) is 0 Å². The molecule has 1 aromatic carbocycles. The molecule has 4 heteroatoms. The van der Waals surface area contributed by atoms with Crippen molar-refractivity contribution in [2.45, 2.75) is 45.1 Å². The molecule has 0 bridgehead atoms. The van der Waals surface area contributed by atoms with Crippen LogP contribution in [0.4, 0.5) is 0 Å². The fourth-order valence-corrected chi connectivity index (χ4v) is 3.51. The number of benzene rings is 1. The molecule has 0 N–H and O–H groups in total. The number of fused-ring (bicyclic) bond motifs is 1. The predicted molar refractivity (Wildman–Crippen MR) is 94.4 cm³/mol. The molecular formula is C20H24N2O2. The lowest BCUT2D eigenvalue weighted by molar-refractivity contribution is -0.0369. The van der Waals surface area contributed by atoms with E-state index in [1.54, 1.807) is 0 Å². The van der Waals surface area contributed by atoms with Crippen LogP contribution in [0.1, 0.15) is 54.2 Å². The number of aromatic nitrogens is 1. The van der Waals surface area contributed by atoms with E-state index in [1.165, 1.54) is 12.8 Å². The molecule has 4 rings (SSSR count). The van der Waals surface area contributed by atoms with Crippen molar-refractivity contribution in [2.24, 2.45) is 0 Å². The van der Waals surface area contributed by atoms with Gasteiger partial charge >= 0.3 is 0 Å². The summed E-state index contributed by atoms with van der Waals surface area (Å²) in [6, 6.07) is 8.23. The summed E-state index contributed by atoms with van der Waals surface area (Å²) in [5.41, 5.74) is 3.66. The number of nitrogens with zero attached hydrogens (tertiary/aromatic N) is 2. The standard InChI is InChI=1S/C20H24N2O2/c1-13-4-7-17-15(10-13)16(11-18(21-17)14-5-6-14)19(23)22-8-9-24-12-20(22,2)3/h4,7,10-11,14H,5-6,8-9,12H2,1-3H3. The van der Waals surface area contributed by atoms with Crippen LogP contribution in [0.15, 0.2) is 24.3 Å². The molecule has 1 aliphatic heterocycles. The van der Waals surface area contributed by atoms with Gasteiger partial charge in [0.1, 0.15) is 0 Å². The first kappa shape index (κ1) is 15.6. The van der Waals surface area contributed by atoms with Crippen molar-refractivity contribution in [1.82, 2.24) is 9.88 Å². The van der Waals surface area contributed by atoms with Gasteiger partial charge in [-0.2, -0.15) is 0 Å². The Morgan fingerprint density at radius 2 is 2.08 bits per heavy atom. The maximum Gasteiger partial charge on any atom is 0.255 e. The minimum Gasteiger partial charge on any atom is -0.377 e. The average molecular weight is 324 g/mol. The highest BCUT2D eigenvalue weighted by Gasteiger charge is 2.36. The largest absolute Gasteiger partial charge is 0.377 e. The fourth-order valence-electron chi connectivity index (χ4n) is 3.51. The van der Waals surface area contributed by atoms with Crippen LogP contribution in [0.2, 0.25) is 0 Å². The van der Waals surface area contributed by atoms with Crippen LogP contribution < -0.4 is 0 Å². The van der Waals surface area contributed by atoms with E-state index in [0.29, 0.717) is 25.7 Å². The highest BCUT2D eigenvalue weighted by Crippen LogP contribution is 2.40. The summed E-state index contributed by atoms with van der Waals surface area (Å²) in [4.78, 5) is 20.1. The molecule has 1 saturated heterocycles. The lowest BCUT2D eigenvalue weighted by Gasteiger charge is -2.42. The summed E-state index contributed by atoms with van der Waals surface area (Å²) in [6.07, 6.45) is 2.36. The number of aryl methyl sites for hydroxylation is 1. The zero-order chi connectivity index (χ0) is 16.9. The second-order valence-electron chi connectivity index (χ2n) is 7.71. The van der Waals surface area contributed by atoms with Gasteiger partial charge in [-0.1, -0.05) is 11.6 Å². The second kappa shape index (κ2) is 5.55. The molecule has 1 amide bonds. The van der Waals surface area contributed by atoms with Gasteiger partial charge in [0.25, 0.3) is 5.91 Å². The third-order valence-corrected chi connectivity index (χ3v) is 5.10. The van der Waals surface area contributed by atoms with Crippen molar-refractivity contribution in [1.29, 1.82) is 0 Å². The van der Waals surface area contributed by atoms with E-state index in [4.69, 9.17) is 9.72 Å². The monoisotopic (exact) mass is 324 g/mol. The molecule has 0 spiro atoms. The molecule has 24 heavy (non-hydrogen) atoms. The lowest BCUT2D eigenvalue weighted by Crippen LogP contribution is -2.55. The zero-order valence-electron chi connectivity index (χ0n) is 14.6. The van der Waals surface area contributed by atoms with Gasteiger partial charge in [0.15, 0.2) is 0 Å². The number of carbonyl (C=O) groups excluding carboxylic acids is 1. The number of amides is 1. The van der Waals surface area contributed by atoms with Gasteiger partial charge < -0.3 is 9.64 Å². The number of ether oxygens (including phenoxy) is 1. The maximum absolute atomic E-state index is 13.4. The molecule has 0 unspecified atom stereocenters. The van der Waals surface area contributed by atoms with Crippen molar-refractivity contribution in [2.75, 3.05) is 19.8 Å². The molecule has 4 nitrogen and oxygen atoms in total. The number of carbonyl (C=O) groups is 1. The molecule has 1 aromatic heterocycles. The summed E-state index contributed by atoms with van der Waals surface area (Å²) in [5.74, 6) is 0.628. The van der Waals surface area contributed by atoms with Crippen molar-refractivity contribution in [3.05, 3.63) is 41.1 Å². The minimum atomic E-state index is -0.283. The number of hydrogen-bond acceptors (Lipinski definition) is 3. The van der Waals surface area contributed by atoms with E-state index < -0.39 is 0 Å². The Balaban J connectivity index is 1.84. The SMILES string of the molecule is Cc1ccc2nc(C3CC3)cc(C(=O)N3CCOCC3(C)C)c2c1. The molecule has 1 aliphatic carbocycles. The topological polar surface area (TPSA) is 42.4 Å². The average Bonchev–Trinajstić information content (AvgIpc) is 3.38. The van der Waals surface area contributed by atoms with Crippen LogP contribution in [0.3, 0.4) is 0 Å². The highest BCUT2D eigenvalue weighted by molar-refractivity contribution is 6.06. The van der Waals surface area contributed by atoms with E-state index >= 15 is 0 Å². The Kier molecular flexibility index (Phi) is 3.61. The Hall–Kier alpha value is -1.94. The van der Waals surface area contributed by atoms with E-state index in [2.05, 4.69) is 32.9 Å². The van der Waals surface area contributed by atoms with Crippen LogP contribution >= 0.6 is 0 Å². The summed E-state index contributed by atoms with van der Waals surface area (Å²) in [6.45, 7) is 8.02. The van der Waals surface area contributed by atoms with Crippen LogP contribution in [-0.2, 0) is 4.74 Å². The normalized spacial score (nSPS) is 20.4. The second-order valence-corrected chi connectivity index (χ2v) is 7.71. The summed E-state index contributed by atoms with van der Waals surface area (Å²) in [7, 11) is 0. The Labute approximate surface area is 142 Å². The summed E-state index contributed by atoms with van der Waals surface area (Å²) in [5, 5.41) is 0.965. The van der Waals surface area contributed by atoms with Crippen molar-refractivity contribution in [3.63, 3.8) is 0 Å². The predicted octanol–water partition coefficient (Wildman–Crippen LogP) is 3.67. The summed E-state index contributed by atoms with van der Waals surface area (Å²) >= 11 is 0. The van der Waals surface area contributed by atoms with Gasteiger partial charge in [0.2, 0.25) is 0 Å². The number of rotatable bonds is 2. The summed E-state index contributed by atoms with van der Waals surface area (Å²) < 4.78 is 5.57. The van der Waals surface area contributed by atoms with Crippen LogP contribution in [0.25, 0.3) is 10.9 Å². The van der Waals surface area contributed by atoms with E-state index in [0.717, 1.165) is 27.7 Å². The van der Waals surface area contributed by atoms with Crippen molar-refractivity contribution < 1.29 is 9.53 Å². The number of pyridine rings is 1. The Morgan fingerprint density at radius 3 is 2.79 bits per heavy atom. The van der Waals surface area contributed by atoms with E-state index in [1.807, 2.05) is 17.0 Å². The van der Waals surface area contributed by atoms with Crippen LogP contribution in [0, 0.1) is 6.92 Å². The van der Waals surface area contributed by atoms with Gasteiger partial charge in [0.05, 0.1) is 29.8 Å². The van der Waals surface area contributed by atoms with Gasteiger partial charge in [-0.15, -0.1) is 0 Å². The molecule has 1 saturated carbocycles. The third-order valence-electron chi connectivity index (χ3n) is 5.10. The zero-order valence-corrected chi connectivity index (χ0v) is 14.6. The molecule has 0 radical (unpaired) electrons. The van der Waals surface area contributed by atoms with Gasteiger partial charge in [0, 0.05) is 23.5 Å². The van der Waals surface area contributed by atoms with Gasteiger partial charge in [-0.05, 0) is 51.8 Å². The fraction of sp³-hybridized carbons (Fsp3) is 0.500. The molecule has 2 aromatic rings. The lowest BCUT2D eigenvalue weighted by atomic mass is 9.98. The number of hydrogen-bond donors (Lipinski definition) is 0. The molecule has 2 fully saturated rings. The Morgan fingerprint density at radius 1 is 1.29 bits per heavy atom. The van der Waals surface area contributed by atoms with Crippen molar-refractivity contribution >= 4 is 16.8 Å². The van der Waals surface area contributed by atoms with Gasteiger partial charge in [-0.25, -0.2) is 0 Å². The molecule has 2 aliphatic rings. The van der Waals surface area contributed by atoms with Crippen LogP contribution in [-0.4, -0.2) is 41.1 Å². The minimum absolute atomic E-state index is 0.100. The maximum atomic E-state index is 13.4. The first-order chi connectivity index (χ1) is 11.5. The first-order valence-corrected chi connectivity index (χ1v) is 8.77. The molecule has 2 heterocycles. The molecule has 0 atom stereocenters. The molecular weight excluding hydrogens is 300 g/mol. The third kappa shape index (κ3) is 2.69. The van der Waals surface area contributed by atoms with E-state index in [9.17, 15) is 4.79 Å². The first-order valence-electron chi connectivity index (χ1n) is 8.77. The highest BCUT2D eigenvalue weighted by atomic mass is 16.5. The smallest absolute Gasteiger partial charge is 0.255 e. The number of morpholine rings is 1. The Bertz CT molecular complexity index is 809.